The van der Waals surface area contributed by atoms with Gasteiger partial charge >= 0.3 is 0 Å². The lowest BCUT2D eigenvalue weighted by atomic mass is 10.1. The maximum Gasteiger partial charge on any atom is 0.264 e. The van der Waals surface area contributed by atoms with Crippen molar-refractivity contribution in [1.82, 2.24) is 4.72 Å². The molecule has 0 aliphatic rings. The lowest BCUT2D eigenvalue weighted by molar-refractivity contribution is -0.119. The molecule has 0 atom stereocenters. The van der Waals surface area contributed by atoms with Gasteiger partial charge in [-0.05, 0) is 56.5 Å². The summed E-state index contributed by atoms with van der Waals surface area (Å²) in [6.45, 7) is 4.37. The van der Waals surface area contributed by atoms with Crippen molar-refractivity contribution in [1.29, 1.82) is 0 Å². The van der Waals surface area contributed by atoms with E-state index in [0.717, 1.165) is 12.0 Å². The number of carbonyl (C=O) groups excluding carboxylic acids is 1. The molecule has 0 aromatic heterocycles. The predicted octanol–water partition coefficient (Wildman–Crippen LogP) is 3.22. The molecule has 2 rings (SSSR count). The SMILES string of the molecule is CCOc1ccc(S(=O)(=O)NC(=O)CCCc2ccc(C)cc2)cc1. The maximum absolute atomic E-state index is 12.2. The molecule has 134 valence electrons. The molecule has 2 aromatic rings. The van der Waals surface area contributed by atoms with Gasteiger partial charge in [0.05, 0.1) is 11.5 Å². The van der Waals surface area contributed by atoms with Gasteiger partial charge in [-0.3, -0.25) is 4.79 Å². The summed E-state index contributed by atoms with van der Waals surface area (Å²) >= 11 is 0. The van der Waals surface area contributed by atoms with Crippen LogP contribution in [0.5, 0.6) is 5.75 Å². The summed E-state index contributed by atoms with van der Waals surface area (Å²) in [6, 6.07) is 14.1. The van der Waals surface area contributed by atoms with Crippen LogP contribution in [0.25, 0.3) is 0 Å². The summed E-state index contributed by atoms with van der Waals surface area (Å²) in [5.41, 5.74) is 2.32. The molecule has 0 heterocycles. The molecule has 6 heteroatoms. The third kappa shape index (κ3) is 5.90. The molecule has 5 nitrogen and oxygen atoms in total. The number of hydrogen-bond acceptors (Lipinski definition) is 4. The average molecular weight is 361 g/mol. The molecule has 0 saturated heterocycles. The zero-order valence-corrected chi connectivity index (χ0v) is 15.3. The molecule has 0 aliphatic carbocycles. The highest BCUT2D eigenvalue weighted by molar-refractivity contribution is 7.90. The smallest absolute Gasteiger partial charge is 0.264 e. The van der Waals surface area contributed by atoms with Crippen LogP contribution in [-0.4, -0.2) is 20.9 Å². The van der Waals surface area contributed by atoms with Gasteiger partial charge in [0.25, 0.3) is 10.0 Å². The fourth-order valence-electron chi connectivity index (χ4n) is 2.35. The fourth-order valence-corrected chi connectivity index (χ4v) is 3.36. The predicted molar refractivity (Wildman–Crippen MR) is 97.1 cm³/mol. The Hall–Kier alpha value is -2.34. The van der Waals surface area contributed by atoms with E-state index in [1.165, 1.54) is 17.7 Å². The zero-order chi connectivity index (χ0) is 18.3. The normalized spacial score (nSPS) is 11.1. The molecule has 25 heavy (non-hydrogen) atoms. The first-order valence-electron chi connectivity index (χ1n) is 8.25. The molecule has 0 aliphatic heterocycles. The number of sulfonamides is 1. The molecule has 1 amide bonds. The van der Waals surface area contributed by atoms with E-state index in [1.807, 2.05) is 38.1 Å². The van der Waals surface area contributed by atoms with Gasteiger partial charge in [0.15, 0.2) is 0 Å². The van der Waals surface area contributed by atoms with Crippen molar-refractivity contribution in [3.63, 3.8) is 0 Å². The second kappa shape index (κ2) is 8.67. The van der Waals surface area contributed by atoms with Gasteiger partial charge in [-0.1, -0.05) is 29.8 Å². The Morgan fingerprint density at radius 2 is 1.68 bits per heavy atom. The van der Waals surface area contributed by atoms with Crippen molar-refractivity contribution >= 4 is 15.9 Å². The number of rotatable bonds is 8. The summed E-state index contributed by atoms with van der Waals surface area (Å²) in [5, 5.41) is 0. The first kappa shape index (κ1) is 19.0. The molecule has 0 radical (unpaired) electrons. The molecular formula is C19H23NO4S. The highest BCUT2D eigenvalue weighted by Crippen LogP contribution is 2.16. The quantitative estimate of drug-likeness (QED) is 0.783. The van der Waals surface area contributed by atoms with Crippen molar-refractivity contribution in [2.45, 2.75) is 38.0 Å². The molecule has 0 spiro atoms. The maximum atomic E-state index is 12.2. The Balaban J connectivity index is 1.86. The summed E-state index contributed by atoms with van der Waals surface area (Å²) in [7, 11) is -3.85. The molecule has 0 unspecified atom stereocenters. The number of nitrogens with one attached hydrogen (secondary N) is 1. The Labute approximate surface area is 149 Å². The van der Waals surface area contributed by atoms with Gasteiger partial charge in [-0.15, -0.1) is 0 Å². The largest absolute Gasteiger partial charge is 0.494 e. The first-order valence-corrected chi connectivity index (χ1v) is 9.73. The van der Waals surface area contributed by atoms with E-state index in [2.05, 4.69) is 4.72 Å². The average Bonchev–Trinajstić information content (AvgIpc) is 2.57. The molecule has 0 bridgehead atoms. The van der Waals surface area contributed by atoms with Crippen LogP contribution in [0.3, 0.4) is 0 Å². The minimum absolute atomic E-state index is 0.0443. The highest BCUT2D eigenvalue weighted by Gasteiger charge is 2.17. The molecule has 1 N–H and O–H groups in total. The second-order valence-electron chi connectivity index (χ2n) is 5.77. The van der Waals surface area contributed by atoms with Gasteiger partial charge in [0.1, 0.15) is 5.75 Å². The minimum atomic E-state index is -3.85. The van der Waals surface area contributed by atoms with Gasteiger partial charge < -0.3 is 4.74 Å². The second-order valence-corrected chi connectivity index (χ2v) is 7.45. The lowest BCUT2D eigenvalue weighted by Gasteiger charge is -2.08. The number of hydrogen-bond donors (Lipinski definition) is 1. The van der Waals surface area contributed by atoms with Crippen molar-refractivity contribution in [2.24, 2.45) is 0 Å². The van der Waals surface area contributed by atoms with Crippen LogP contribution in [0.15, 0.2) is 53.4 Å². The van der Waals surface area contributed by atoms with Gasteiger partial charge in [0, 0.05) is 6.42 Å². The summed E-state index contributed by atoms with van der Waals surface area (Å²) in [4.78, 5) is 12.0. The molecule has 0 saturated carbocycles. The monoisotopic (exact) mass is 361 g/mol. The van der Waals surface area contributed by atoms with Gasteiger partial charge in [-0.2, -0.15) is 0 Å². The van der Waals surface area contributed by atoms with Crippen molar-refractivity contribution in [3.8, 4) is 5.75 Å². The molecule has 2 aromatic carbocycles. The highest BCUT2D eigenvalue weighted by atomic mass is 32.2. The Bertz CT molecular complexity index is 796. The standard InChI is InChI=1S/C19H23NO4S/c1-3-24-17-11-13-18(14-12-17)25(22,23)20-19(21)6-4-5-16-9-7-15(2)8-10-16/h7-14H,3-6H2,1-2H3,(H,20,21). The first-order chi connectivity index (χ1) is 11.9. The number of ether oxygens (including phenoxy) is 1. The Kier molecular flexibility index (Phi) is 6.58. The van der Waals surface area contributed by atoms with E-state index < -0.39 is 15.9 Å². The number of aryl methyl sites for hydroxylation is 2. The van der Waals surface area contributed by atoms with E-state index in [0.29, 0.717) is 18.8 Å². The van der Waals surface area contributed by atoms with E-state index in [9.17, 15) is 13.2 Å². The summed E-state index contributed by atoms with van der Waals surface area (Å²) < 4.78 is 31.8. The number of benzene rings is 2. The van der Waals surface area contributed by atoms with Crippen LogP contribution >= 0.6 is 0 Å². The number of carbonyl (C=O) groups is 1. The summed E-state index contributed by atoms with van der Waals surface area (Å²) in [5.74, 6) is 0.0897. The van der Waals surface area contributed by atoms with Crippen LogP contribution < -0.4 is 9.46 Å². The van der Waals surface area contributed by atoms with E-state index in [-0.39, 0.29) is 11.3 Å². The lowest BCUT2D eigenvalue weighted by Crippen LogP contribution is -2.30. The van der Waals surface area contributed by atoms with Crippen molar-refractivity contribution in [3.05, 3.63) is 59.7 Å². The topological polar surface area (TPSA) is 72.5 Å². The third-order valence-corrected chi connectivity index (χ3v) is 5.07. The van der Waals surface area contributed by atoms with Crippen LogP contribution in [-0.2, 0) is 21.2 Å². The van der Waals surface area contributed by atoms with Crippen molar-refractivity contribution in [2.75, 3.05) is 6.61 Å². The van der Waals surface area contributed by atoms with Gasteiger partial charge in [0.2, 0.25) is 5.91 Å². The minimum Gasteiger partial charge on any atom is -0.494 e. The fraction of sp³-hybridized carbons (Fsp3) is 0.316. The zero-order valence-electron chi connectivity index (χ0n) is 14.5. The third-order valence-electron chi connectivity index (χ3n) is 3.68. The van der Waals surface area contributed by atoms with Gasteiger partial charge in [-0.25, -0.2) is 13.1 Å². The van der Waals surface area contributed by atoms with E-state index >= 15 is 0 Å². The van der Waals surface area contributed by atoms with Crippen LogP contribution in [0.4, 0.5) is 0 Å². The Morgan fingerprint density at radius 1 is 1.04 bits per heavy atom. The molecular weight excluding hydrogens is 338 g/mol. The van der Waals surface area contributed by atoms with Crippen LogP contribution in [0.1, 0.15) is 30.9 Å². The summed E-state index contributed by atoms with van der Waals surface area (Å²) in [6.07, 6.45) is 1.48. The van der Waals surface area contributed by atoms with Crippen LogP contribution in [0, 0.1) is 6.92 Å². The van der Waals surface area contributed by atoms with Crippen LogP contribution in [0.2, 0.25) is 0 Å². The Morgan fingerprint density at radius 3 is 2.28 bits per heavy atom. The molecule has 0 fully saturated rings. The van der Waals surface area contributed by atoms with E-state index in [1.54, 1.807) is 12.1 Å². The number of amides is 1. The van der Waals surface area contributed by atoms with Crippen molar-refractivity contribution < 1.29 is 17.9 Å². The van der Waals surface area contributed by atoms with E-state index in [4.69, 9.17) is 4.74 Å².